The number of aliphatic hydroxyl groups excluding tert-OH is 1. The van der Waals surface area contributed by atoms with E-state index in [1.807, 2.05) is 0 Å². The van der Waals surface area contributed by atoms with Gasteiger partial charge in [-0.2, -0.15) is 0 Å². The highest BCUT2D eigenvalue weighted by atomic mass is 127. The van der Waals surface area contributed by atoms with Crippen LogP contribution in [0.4, 0.5) is 26.3 Å². The summed E-state index contributed by atoms with van der Waals surface area (Å²) in [7, 11) is 0. The van der Waals surface area contributed by atoms with Crippen molar-refractivity contribution in [2.45, 2.75) is 83.7 Å². The van der Waals surface area contributed by atoms with Crippen molar-refractivity contribution >= 4 is 50.5 Å². The summed E-state index contributed by atoms with van der Waals surface area (Å²) in [6.45, 7) is 2.24. The summed E-state index contributed by atoms with van der Waals surface area (Å²) >= 11 is 1.12. The number of rotatable bonds is 17. The molecule has 0 aliphatic rings. The molecular formula is C41H39F6IO4. The standard InChI is InChI=1S/C41H39F6IO4/c1-2-3-4-5-6-7-8-9-10-14-17-26(49)23-51-27-20-18-25(19-21-27)31-30(24-15-12-11-13-16-24)28-22-29-33(35(42)32(28)37(44)36(31)43)38(45)40(47)39(46)34(29)41(50)52-48/h11-13,15-16,18-22,26,49H,2-10,14,17,23H2,1H3. The average Bonchev–Trinajstić information content (AvgIpc) is 3.15. The lowest BCUT2D eigenvalue weighted by Gasteiger charge is -2.19. The van der Waals surface area contributed by atoms with Crippen molar-refractivity contribution in [3.63, 3.8) is 0 Å². The minimum Gasteiger partial charge on any atom is -0.491 e. The predicted molar refractivity (Wildman–Crippen MR) is 199 cm³/mol. The molecule has 0 bridgehead atoms. The Morgan fingerprint density at radius 2 is 1.21 bits per heavy atom. The molecule has 0 heterocycles. The Labute approximate surface area is 312 Å². The summed E-state index contributed by atoms with van der Waals surface area (Å²) in [6.07, 6.45) is 11.7. The molecule has 1 N–H and O–H groups in total. The van der Waals surface area contributed by atoms with Crippen LogP contribution in [-0.4, -0.2) is 23.8 Å². The van der Waals surface area contributed by atoms with Crippen LogP contribution < -0.4 is 4.74 Å². The summed E-state index contributed by atoms with van der Waals surface area (Å²) < 4.78 is 103. The van der Waals surface area contributed by atoms with Crippen LogP contribution in [0.1, 0.15) is 87.9 Å². The molecule has 1 atom stereocenters. The molecule has 1 unspecified atom stereocenters. The monoisotopic (exact) mass is 836 g/mol. The Morgan fingerprint density at radius 3 is 1.83 bits per heavy atom. The van der Waals surface area contributed by atoms with Gasteiger partial charge in [0.25, 0.3) is 0 Å². The lowest BCUT2D eigenvalue weighted by molar-refractivity contribution is 0.0796. The number of aliphatic hydroxyl groups is 1. The fourth-order valence-electron chi connectivity index (χ4n) is 6.65. The Hall–Kier alpha value is -3.84. The van der Waals surface area contributed by atoms with Gasteiger partial charge in [-0.15, -0.1) is 0 Å². The third-order valence-corrected chi connectivity index (χ3v) is 9.72. The zero-order valence-corrected chi connectivity index (χ0v) is 30.8. The largest absolute Gasteiger partial charge is 0.491 e. The number of fused-ring (bicyclic) bond motifs is 2. The van der Waals surface area contributed by atoms with Crippen LogP contribution in [0.25, 0.3) is 43.8 Å². The molecular weight excluding hydrogens is 797 g/mol. The molecule has 52 heavy (non-hydrogen) atoms. The lowest BCUT2D eigenvalue weighted by Crippen LogP contribution is -2.17. The van der Waals surface area contributed by atoms with Gasteiger partial charge in [0.15, 0.2) is 52.1 Å². The van der Waals surface area contributed by atoms with Crippen LogP contribution in [0, 0.1) is 34.9 Å². The molecule has 0 spiro atoms. The second-order valence-electron chi connectivity index (χ2n) is 12.9. The molecule has 0 fully saturated rings. The maximum Gasteiger partial charge on any atom is 0.351 e. The molecule has 0 radical (unpaired) electrons. The minimum atomic E-state index is -2.17. The summed E-state index contributed by atoms with van der Waals surface area (Å²) in [5.41, 5.74) is -1.01. The number of unbranched alkanes of at least 4 members (excludes halogenated alkanes) is 9. The predicted octanol–water partition coefficient (Wildman–Crippen LogP) is 12.7. The molecule has 0 amide bonds. The fraction of sp³-hybridized carbons (Fsp3) is 0.341. The van der Waals surface area contributed by atoms with Gasteiger partial charge in [0.05, 0.1) is 16.9 Å². The van der Waals surface area contributed by atoms with Crippen molar-refractivity contribution < 1.29 is 44.0 Å². The number of carbonyl (C=O) groups excluding carboxylic acids is 1. The highest BCUT2D eigenvalue weighted by molar-refractivity contribution is 14.1. The molecule has 4 nitrogen and oxygen atoms in total. The van der Waals surface area contributed by atoms with Gasteiger partial charge in [-0.3, -0.25) is 0 Å². The second kappa shape index (κ2) is 18.3. The first-order valence-corrected chi connectivity index (χ1v) is 18.4. The van der Waals surface area contributed by atoms with E-state index in [2.05, 4.69) is 9.99 Å². The van der Waals surface area contributed by atoms with E-state index in [9.17, 15) is 18.7 Å². The molecule has 276 valence electrons. The summed E-state index contributed by atoms with van der Waals surface area (Å²) in [6, 6.07) is 14.9. The van der Waals surface area contributed by atoms with Gasteiger partial charge in [0.1, 0.15) is 23.7 Å². The highest BCUT2D eigenvalue weighted by Gasteiger charge is 2.32. The molecule has 0 aliphatic heterocycles. The first-order chi connectivity index (χ1) is 25.1. The molecule has 5 rings (SSSR count). The third kappa shape index (κ3) is 8.51. The van der Waals surface area contributed by atoms with Gasteiger partial charge < -0.3 is 12.9 Å². The van der Waals surface area contributed by atoms with Crippen LogP contribution in [0.5, 0.6) is 5.75 Å². The van der Waals surface area contributed by atoms with Gasteiger partial charge in [0.2, 0.25) is 0 Å². The Balaban J connectivity index is 1.43. The van der Waals surface area contributed by atoms with E-state index in [4.69, 9.17) is 4.74 Å². The zero-order chi connectivity index (χ0) is 37.4. The summed E-state index contributed by atoms with van der Waals surface area (Å²) in [4.78, 5) is 12.5. The molecule has 0 aliphatic carbocycles. The smallest absolute Gasteiger partial charge is 0.351 e. The van der Waals surface area contributed by atoms with E-state index < -0.39 is 68.7 Å². The van der Waals surface area contributed by atoms with Gasteiger partial charge in [-0.05, 0) is 41.1 Å². The molecule has 0 saturated carbocycles. The number of halogens is 7. The van der Waals surface area contributed by atoms with E-state index in [1.165, 1.54) is 69.2 Å². The molecule has 0 aromatic heterocycles. The van der Waals surface area contributed by atoms with Gasteiger partial charge in [0, 0.05) is 16.5 Å². The number of ether oxygens (including phenoxy) is 1. The quantitative estimate of drug-likeness (QED) is 0.0333. The summed E-state index contributed by atoms with van der Waals surface area (Å²) in [5, 5.41) is 7.18. The number of carbonyl (C=O) groups is 1. The number of hydrogen-bond donors (Lipinski definition) is 1. The van der Waals surface area contributed by atoms with E-state index in [-0.39, 0.29) is 34.2 Å². The fourth-order valence-corrected chi connectivity index (χ4v) is 6.87. The van der Waals surface area contributed by atoms with Crippen molar-refractivity contribution in [3.05, 3.63) is 101 Å². The van der Waals surface area contributed by atoms with Crippen LogP contribution in [0.15, 0.2) is 60.7 Å². The van der Waals surface area contributed by atoms with Crippen LogP contribution in [0.2, 0.25) is 0 Å². The minimum absolute atomic E-state index is 0.0348. The summed E-state index contributed by atoms with van der Waals surface area (Å²) in [5.74, 6) is -12.1. The Bertz CT molecular complexity index is 2020. The zero-order valence-electron chi connectivity index (χ0n) is 28.7. The maximum absolute atomic E-state index is 16.2. The third-order valence-electron chi connectivity index (χ3n) is 9.32. The van der Waals surface area contributed by atoms with E-state index in [1.54, 1.807) is 30.3 Å². The van der Waals surface area contributed by atoms with Gasteiger partial charge in [-0.1, -0.05) is 114 Å². The second-order valence-corrected chi connectivity index (χ2v) is 13.4. The van der Waals surface area contributed by atoms with E-state index in [0.717, 1.165) is 48.3 Å². The molecule has 0 saturated heterocycles. The van der Waals surface area contributed by atoms with Crippen molar-refractivity contribution in [1.29, 1.82) is 0 Å². The SMILES string of the molecule is CCCCCCCCCCCCC(O)COc1ccc(-c2c(F)c(F)c3c(F)c4c(F)c(F)c(F)c(C(=O)OI)c4cc3c2-c2ccccc2)cc1. The first kappa shape index (κ1) is 39.4. The molecule has 5 aromatic rings. The normalized spacial score (nSPS) is 12.1. The maximum atomic E-state index is 16.2. The molecule has 11 heteroatoms. The Morgan fingerprint density at radius 1 is 0.654 bits per heavy atom. The van der Waals surface area contributed by atoms with Crippen molar-refractivity contribution in [3.8, 4) is 28.0 Å². The number of hydrogen-bond acceptors (Lipinski definition) is 4. The number of benzene rings is 5. The van der Waals surface area contributed by atoms with Crippen LogP contribution >= 0.6 is 23.0 Å². The first-order valence-electron chi connectivity index (χ1n) is 17.5. The highest BCUT2D eigenvalue weighted by Crippen LogP contribution is 2.46. The van der Waals surface area contributed by atoms with Crippen LogP contribution in [0.3, 0.4) is 0 Å². The topological polar surface area (TPSA) is 55.8 Å². The van der Waals surface area contributed by atoms with Crippen molar-refractivity contribution in [2.75, 3.05) is 6.61 Å². The van der Waals surface area contributed by atoms with E-state index >= 15 is 17.6 Å². The Kier molecular flexibility index (Phi) is 13.8. The van der Waals surface area contributed by atoms with Crippen LogP contribution in [-0.2, 0) is 3.07 Å². The van der Waals surface area contributed by atoms with E-state index in [0.29, 0.717) is 12.2 Å². The molecule has 5 aromatic carbocycles. The van der Waals surface area contributed by atoms with Gasteiger partial charge in [-0.25, -0.2) is 31.1 Å². The van der Waals surface area contributed by atoms with Crippen molar-refractivity contribution in [2.24, 2.45) is 0 Å². The average molecular weight is 837 g/mol. The van der Waals surface area contributed by atoms with Crippen molar-refractivity contribution in [1.82, 2.24) is 0 Å². The van der Waals surface area contributed by atoms with Gasteiger partial charge >= 0.3 is 5.97 Å². The lowest BCUT2D eigenvalue weighted by atomic mass is 9.86.